The highest BCUT2D eigenvalue weighted by molar-refractivity contribution is 7.92. The molecular formula is C42H38ClN3O5S. The molecule has 1 aromatic heterocycles. The Bertz CT molecular complexity index is 2510. The monoisotopic (exact) mass is 731 g/mol. The number of benzene rings is 5. The Morgan fingerprint density at radius 2 is 1.50 bits per heavy atom. The normalized spacial score (nSPS) is 12.9. The predicted molar refractivity (Wildman–Crippen MR) is 206 cm³/mol. The van der Waals surface area contributed by atoms with Gasteiger partial charge in [-0.05, 0) is 72.2 Å². The van der Waals surface area contributed by atoms with Crippen molar-refractivity contribution in [3.63, 3.8) is 0 Å². The molecule has 0 unspecified atom stereocenters. The minimum absolute atomic E-state index is 0.0220. The molecule has 0 aliphatic heterocycles. The number of hydrogen-bond acceptors (Lipinski definition) is 7. The Kier molecular flexibility index (Phi) is 8.63. The topological polar surface area (TPSA) is 118 Å². The molecule has 52 heavy (non-hydrogen) atoms. The smallest absolute Gasteiger partial charge is 0.261 e. The molecule has 5 aromatic carbocycles. The van der Waals surface area contributed by atoms with Crippen molar-refractivity contribution >= 4 is 44.0 Å². The molecule has 8 nitrogen and oxygen atoms in total. The molecule has 0 amide bonds. The summed E-state index contributed by atoms with van der Waals surface area (Å²) in [6.07, 6.45) is 0.963. The number of rotatable bonds is 8. The van der Waals surface area contributed by atoms with E-state index >= 15 is 0 Å². The Morgan fingerprint density at radius 3 is 2.17 bits per heavy atom. The Labute approximate surface area is 308 Å². The van der Waals surface area contributed by atoms with E-state index in [0.29, 0.717) is 33.0 Å². The van der Waals surface area contributed by atoms with Gasteiger partial charge in [0.15, 0.2) is 17.4 Å². The second-order valence-electron chi connectivity index (χ2n) is 15.1. The lowest BCUT2D eigenvalue weighted by Gasteiger charge is -2.33. The minimum atomic E-state index is -4.16. The average Bonchev–Trinajstić information content (AvgIpc) is 3.08. The number of nitrogens with zero attached hydrogens (tertiary/aromatic N) is 2. The highest BCUT2D eigenvalue weighted by Gasteiger charge is 2.34. The van der Waals surface area contributed by atoms with E-state index in [1.807, 2.05) is 31.2 Å². The van der Waals surface area contributed by atoms with Crippen LogP contribution in [0.4, 0.5) is 5.69 Å². The molecule has 0 spiro atoms. The summed E-state index contributed by atoms with van der Waals surface area (Å²) in [7, 11) is -4.16. The first-order chi connectivity index (χ1) is 24.5. The molecule has 0 saturated carbocycles. The van der Waals surface area contributed by atoms with Crippen LogP contribution in [0.15, 0.2) is 102 Å². The summed E-state index contributed by atoms with van der Waals surface area (Å²) in [5.74, 6) is 0.326. The fourth-order valence-electron chi connectivity index (χ4n) is 7.15. The molecule has 0 fully saturated rings. The fourth-order valence-corrected chi connectivity index (χ4v) is 8.39. The van der Waals surface area contributed by atoms with E-state index in [2.05, 4.69) is 39.3 Å². The van der Waals surface area contributed by atoms with Crippen molar-refractivity contribution < 1.29 is 23.1 Å². The van der Waals surface area contributed by atoms with Gasteiger partial charge >= 0.3 is 0 Å². The summed E-state index contributed by atoms with van der Waals surface area (Å²) in [5, 5.41) is 11.6. The number of halogens is 1. The maximum absolute atomic E-state index is 14.3. The molecule has 6 aromatic rings. The molecule has 0 atom stereocenters. The Balaban J connectivity index is 1.47. The van der Waals surface area contributed by atoms with E-state index in [0.717, 1.165) is 17.5 Å². The van der Waals surface area contributed by atoms with Crippen molar-refractivity contribution in [3.05, 3.63) is 124 Å². The maximum Gasteiger partial charge on any atom is 0.261 e. The van der Waals surface area contributed by atoms with Gasteiger partial charge in [0.25, 0.3) is 10.0 Å². The zero-order valence-corrected chi connectivity index (χ0v) is 31.3. The van der Waals surface area contributed by atoms with Crippen LogP contribution in [0.1, 0.15) is 68.1 Å². The van der Waals surface area contributed by atoms with Crippen LogP contribution in [0.3, 0.4) is 0 Å². The zero-order chi connectivity index (χ0) is 37.2. The summed E-state index contributed by atoms with van der Waals surface area (Å²) in [5.41, 5.74) is 3.96. The number of phenolic OH excluding ortho intramolecular Hbond substituents is 1. The molecule has 0 radical (unpaired) electrons. The summed E-state index contributed by atoms with van der Waals surface area (Å²) < 4.78 is 36.9. The first-order valence-electron chi connectivity index (χ1n) is 16.9. The van der Waals surface area contributed by atoms with Crippen LogP contribution < -0.4 is 9.46 Å². The zero-order valence-electron chi connectivity index (χ0n) is 29.7. The van der Waals surface area contributed by atoms with Crippen LogP contribution in [0.2, 0.25) is 5.02 Å². The number of hydrogen-bond donors (Lipinski definition) is 2. The highest BCUT2D eigenvalue weighted by atomic mass is 35.5. The number of phenols is 1. The average molecular weight is 732 g/mol. The van der Waals surface area contributed by atoms with Gasteiger partial charge in [0.1, 0.15) is 17.0 Å². The van der Waals surface area contributed by atoms with Crippen molar-refractivity contribution in [2.75, 3.05) is 4.72 Å². The van der Waals surface area contributed by atoms with Gasteiger partial charge in [-0.3, -0.25) is 9.52 Å². The second-order valence-corrected chi connectivity index (χ2v) is 17.2. The van der Waals surface area contributed by atoms with Gasteiger partial charge in [-0.1, -0.05) is 100 Å². The number of fused-ring (bicyclic) bond motifs is 2. The number of aromatic nitrogens is 2. The van der Waals surface area contributed by atoms with Gasteiger partial charge in [-0.25, -0.2) is 18.4 Å². The van der Waals surface area contributed by atoms with Crippen LogP contribution in [0, 0.1) is 12.3 Å². The molecule has 10 heteroatoms. The molecule has 1 heterocycles. The standard InChI is InChI=1S/C42H38ClN3O5S/c1-24-11-18-28(19-12-24)52(49,50)46-32-22-34(51-27-16-13-25(14-17-27)42(5,6)23-41(2,3)4)38-36-35(32)39(48)30-10-8-7-9-29(30)37(36)44-40(45-38)31-21-26(43)15-20-33(31)47/h7-22,46-47H,23H2,1-6H3. The number of anilines is 1. The van der Waals surface area contributed by atoms with Crippen LogP contribution in [-0.2, 0) is 15.4 Å². The van der Waals surface area contributed by atoms with E-state index in [9.17, 15) is 18.3 Å². The molecule has 264 valence electrons. The number of ketones is 1. The number of ether oxygens (including phenoxy) is 1. The highest BCUT2D eigenvalue weighted by Crippen LogP contribution is 2.47. The molecule has 7 rings (SSSR count). The van der Waals surface area contributed by atoms with Gasteiger partial charge in [0.2, 0.25) is 0 Å². The van der Waals surface area contributed by atoms with Gasteiger partial charge in [0, 0.05) is 27.6 Å². The third kappa shape index (κ3) is 6.62. The van der Waals surface area contributed by atoms with Gasteiger partial charge in [-0.15, -0.1) is 0 Å². The number of nitrogens with one attached hydrogen (secondary N) is 1. The van der Waals surface area contributed by atoms with Gasteiger partial charge in [-0.2, -0.15) is 0 Å². The molecule has 2 N–H and O–H groups in total. The fraction of sp³-hybridized carbons (Fsp3) is 0.214. The number of carbonyl (C=O) groups excluding carboxylic acids is 1. The second kappa shape index (κ2) is 12.8. The maximum atomic E-state index is 14.3. The lowest BCUT2D eigenvalue weighted by Crippen LogP contribution is -2.24. The third-order valence-electron chi connectivity index (χ3n) is 9.20. The van der Waals surface area contributed by atoms with Crippen LogP contribution >= 0.6 is 11.6 Å². The summed E-state index contributed by atoms with van der Waals surface area (Å²) >= 11 is 6.35. The van der Waals surface area contributed by atoms with E-state index in [-0.39, 0.29) is 55.4 Å². The third-order valence-corrected chi connectivity index (χ3v) is 10.8. The van der Waals surface area contributed by atoms with Crippen LogP contribution in [-0.4, -0.2) is 29.3 Å². The van der Waals surface area contributed by atoms with Crippen LogP contribution in [0.5, 0.6) is 17.2 Å². The minimum Gasteiger partial charge on any atom is -0.507 e. The molecule has 1 aliphatic rings. The van der Waals surface area contributed by atoms with Crippen molar-refractivity contribution in [1.82, 2.24) is 9.97 Å². The quantitative estimate of drug-likeness (QED) is 0.160. The molecule has 0 bridgehead atoms. The van der Waals surface area contributed by atoms with Gasteiger partial charge in [0.05, 0.1) is 27.4 Å². The Morgan fingerprint density at radius 1 is 0.827 bits per heavy atom. The molecular weight excluding hydrogens is 694 g/mol. The molecule has 0 saturated heterocycles. The van der Waals surface area contributed by atoms with E-state index in [1.54, 1.807) is 48.5 Å². The van der Waals surface area contributed by atoms with E-state index in [4.69, 9.17) is 26.3 Å². The number of carbonyl (C=O) groups is 1. The van der Waals surface area contributed by atoms with E-state index in [1.165, 1.54) is 24.3 Å². The summed E-state index contributed by atoms with van der Waals surface area (Å²) in [6.45, 7) is 13.0. The lowest BCUT2D eigenvalue weighted by molar-refractivity contribution is 0.104. The summed E-state index contributed by atoms with van der Waals surface area (Å²) in [4.78, 5) is 24.1. The SMILES string of the molecule is Cc1ccc(S(=O)(=O)Nc2cc(Oc3ccc(C(C)(C)CC(C)(C)C)cc3)c3nc(-c4cc(Cl)ccc4O)nc4c3c2C(=O)c2ccccc2-4)cc1. The van der Waals surface area contributed by atoms with Crippen LogP contribution in [0.25, 0.3) is 33.5 Å². The first-order valence-corrected chi connectivity index (χ1v) is 18.8. The summed E-state index contributed by atoms with van der Waals surface area (Å²) in [6, 6.07) is 27.3. The van der Waals surface area contributed by atoms with Crippen molar-refractivity contribution in [2.24, 2.45) is 5.41 Å². The first kappa shape index (κ1) is 35.2. The van der Waals surface area contributed by atoms with Crippen molar-refractivity contribution in [2.45, 2.75) is 58.3 Å². The van der Waals surface area contributed by atoms with Crippen molar-refractivity contribution in [1.29, 1.82) is 0 Å². The predicted octanol–water partition coefficient (Wildman–Crippen LogP) is 10.5. The number of aromatic hydroxyl groups is 1. The number of sulfonamides is 1. The van der Waals surface area contributed by atoms with E-state index < -0.39 is 15.8 Å². The molecule has 1 aliphatic carbocycles. The Hall–Kier alpha value is -5.25. The van der Waals surface area contributed by atoms with Crippen molar-refractivity contribution in [3.8, 4) is 39.9 Å². The largest absolute Gasteiger partial charge is 0.507 e. The lowest BCUT2D eigenvalue weighted by atomic mass is 9.72. The van der Waals surface area contributed by atoms with Gasteiger partial charge < -0.3 is 9.84 Å². The number of aryl methyl sites for hydroxylation is 1.